The van der Waals surface area contributed by atoms with Gasteiger partial charge in [0.2, 0.25) is 0 Å². The number of aryl methyl sites for hydroxylation is 1. The van der Waals surface area contributed by atoms with E-state index in [1.807, 2.05) is 12.1 Å². The van der Waals surface area contributed by atoms with E-state index >= 15 is 0 Å². The third-order valence-corrected chi connectivity index (χ3v) is 1.68. The van der Waals surface area contributed by atoms with E-state index in [4.69, 9.17) is 9.47 Å². The van der Waals surface area contributed by atoms with Crippen molar-refractivity contribution >= 4 is 0 Å². The standard InChI is InChI=1S/C10H14O2.4CH4/c1-3-9-4-6-10(7-5-9)12-8-11-2;;;;/h4-7H,3,8H2,1-2H3;4*1H4. The van der Waals surface area contributed by atoms with Crippen molar-refractivity contribution in [1.29, 1.82) is 0 Å². The fraction of sp³-hybridized carbons (Fsp3) is 0.571. The molecule has 0 heterocycles. The minimum absolute atomic E-state index is 0. The van der Waals surface area contributed by atoms with Crippen LogP contribution in [0.4, 0.5) is 0 Å². The van der Waals surface area contributed by atoms with E-state index in [9.17, 15) is 0 Å². The lowest BCUT2D eigenvalue weighted by molar-refractivity contribution is 0.0511. The lowest BCUT2D eigenvalue weighted by Gasteiger charge is -2.04. The molecule has 0 radical (unpaired) electrons. The summed E-state index contributed by atoms with van der Waals surface area (Å²) >= 11 is 0. The Balaban J connectivity index is -0.000000180. The number of hydrogen-bond donors (Lipinski definition) is 0. The minimum Gasteiger partial charge on any atom is -0.468 e. The molecule has 0 aromatic heterocycles. The molecule has 0 saturated heterocycles. The molecule has 0 saturated carbocycles. The molecule has 1 aromatic carbocycles. The predicted octanol–water partition coefficient (Wildman–Crippen LogP) is 4.78. The summed E-state index contributed by atoms with van der Waals surface area (Å²) in [6.07, 6.45) is 1.06. The summed E-state index contributed by atoms with van der Waals surface area (Å²) in [6, 6.07) is 8.03. The Labute approximate surface area is 103 Å². The summed E-state index contributed by atoms with van der Waals surface area (Å²) in [7, 11) is 1.61. The molecular weight excluding hydrogens is 200 g/mol. The van der Waals surface area contributed by atoms with Crippen LogP contribution in [0.2, 0.25) is 0 Å². The molecule has 2 heteroatoms. The van der Waals surface area contributed by atoms with Crippen LogP contribution in [-0.2, 0) is 11.2 Å². The van der Waals surface area contributed by atoms with Gasteiger partial charge in [0, 0.05) is 7.11 Å². The Kier molecular flexibility index (Phi) is 21.2. The average Bonchev–Trinajstić information content (AvgIpc) is 2.15. The Hall–Kier alpha value is -1.02. The summed E-state index contributed by atoms with van der Waals surface area (Å²) in [5, 5.41) is 0. The van der Waals surface area contributed by atoms with E-state index in [0.29, 0.717) is 6.79 Å². The molecule has 0 atom stereocenters. The predicted molar refractivity (Wildman–Crippen MR) is 75.2 cm³/mol. The lowest BCUT2D eigenvalue weighted by Crippen LogP contribution is -1.98. The van der Waals surface area contributed by atoms with Crippen molar-refractivity contribution in [3.8, 4) is 5.75 Å². The van der Waals surface area contributed by atoms with Crippen molar-refractivity contribution in [2.75, 3.05) is 13.9 Å². The first-order valence-corrected chi connectivity index (χ1v) is 4.07. The maximum Gasteiger partial charge on any atom is 0.188 e. The molecule has 1 aromatic rings. The van der Waals surface area contributed by atoms with Crippen LogP contribution < -0.4 is 4.74 Å². The Morgan fingerprint density at radius 3 is 1.81 bits per heavy atom. The molecule has 0 spiro atoms. The fourth-order valence-corrected chi connectivity index (χ4v) is 0.948. The van der Waals surface area contributed by atoms with Gasteiger partial charge in [-0.05, 0) is 24.1 Å². The highest BCUT2D eigenvalue weighted by Gasteiger charge is 1.92. The van der Waals surface area contributed by atoms with E-state index in [1.54, 1.807) is 7.11 Å². The van der Waals surface area contributed by atoms with Crippen LogP contribution in [-0.4, -0.2) is 13.9 Å². The average molecular weight is 230 g/mol. The van der Waals surface area contributed by atoms with Crippen molar-refractivity contribution in [3.05, 3.63) is 29.8 Å². The SMILES string of the molecule is C.C.C.C.CCc1ccc(OCOC)cc1. The van der Waals surface area contributed by atoms with Crippen molar-refractivity contribution < 1.29 is 9.47 Å². The smallest absolute Gasteiger partial charge is 0.188 e. The van der Waals surface area contributed by atoms with Gasteiger partial charge in [0.05, 0.1) is 0 Å². The van der Waals surface area contributed by atoms with Gasteiger partial charge in [-0.1, -0.05) is 48.8 Å². The molecule has 0 bridgehead atoms. The molecule has 0 amide bonds. The highest BCUT2D eigenvalue weighted by Crippen LogP contribution is 2.11. The fourth-order valence-electron chi connectivity index (χ4n) is 0.948. The van der Waals surface area contributed by atoms with Crippen molar-refractivity contribution in [3.63, 3.8) is 0 Å². The normalized spacial score (nSPS) is 7.38. The second-order valence-corrected chi connectivity index (χ2v) is 2.55. The van der Waals surface area contributed by atoms with Gasteiger partial charge in [0.25, 0.3) is 0 Å². The zero-order chi connectivity index (χ0) is 8.81. The number of methoxy groups -OCH3 is 1. The van der Waals surface area contributed by atoms with Gasteiger partial charge in [0.15, 0.2) is 6.79 Å². The van der Waals surface area contributed by atoms with Crippen LogP contribution in [0, 0.1) is 0 Å². The third-order valence-electron chi connectivity index (χ3n) is 1.68. The number of hydrogen-bond acceptors (Lipinski definition) is 2. The Bertz CT molecular complexity index is 217. The number of benzene rings is 1. The summed E-state index contributed by atoms with van der Waals surface area (Å²) in [4.78, 5) is 0. The molecule has 98 valence electrons. The summed E-state index contributed by atoms with van der Waals surface area (Å²) in [5.74, 6) is 0.856. The highest BCUT2D eigenvalue weighted by molar-refractivity contribution is 5.26. The Morgan fingerprint density at radius 2 is 1.44 bits per heavy atom. The third kappa shape index (κ3) is 8.30. The maximum atomic E-state index is 5.23. The molecule has 2 nitrogen and oxygen atoms in total. The summed E-state index contributed by atoms with van der Waals surface area (Å²) in [5.41, 5.74) is 1.32. The zero-order valence-electron chi connectivity index (χ0n) is 7.54. The summed E-state index contributed by atoms with van der Waals surface area (Å²) < 4.78 is 10.0. The van der Waals surface area contributed by atoms with Crippen molar-refractivity contribution in [2.24, 2.45) is 0 Å². The zero-order valence-corrected chi connectivity index (χ0v) is 7.54. The van der Waals surface area contributed by atoms with Crippen LogP contribution in [0.5, 0.6) is 5.75 Å². The molecule has 0 aliphatic carbocycles. The first kappa shape index (κ1) is 24.3. The van der Waals surface area contributed by atoms with Gasteiger partial charge < -0.3 is 9.47 Å². The topological polar surface area (TPSA) is 18.5 Å². The maximum absolute atomic E-state index is 5.23. The van der Waals surface area contributed by atoms with Gasteiger partial charge in [-0.3, -0.25) is 0 Å². The number of ether oxygens (including phenoxy) is 2. The minimum atomic E-state index is 0. The lowest BCUT2D eigenvalue weighted by atomic mass is 10.2. The second kappa shape index (κ2) is 14.0. The summed E-state index contributed by atoms with van der Waals surface area (Å²) in [6.45, 7) is 2.44. The van der Waals surface area contributed by atoms with Crippen molar-refractivity contribution in [2.45, 2.75) is 43.1 Å². The van der Waals surface area contributed by atoms with Gasteiger partial charge in [0.1, 0.15) is 5.75 Å². The van der Waals surface area contributed by atoms with E-state index < -0.39 is 0 Å². The first-order chi connectivity index (χ1) is 5.86. The van der Waals surface area contributed by atoms with E-state index in [2.05, 4.69) is 19.1 Å². The van der Waals surface area contributed by atoms with Gasteiger partial charge in [-0.25, -0.2) is 0 Å². The molecule has 0 aliphatic heterocycles. The van der Waals surface area contributed by atoms with Crippen LogP contribution in [0.3, 0.4) is 0 Å². The van der Waals surface area contributed by atoms with E-state index in [-0.39, 0.29) is 29.7 Å². The first-order valence-electron chi connectivity index (χ1n) is 4.07. The second-order valence-electron chi connectivity index (χ2n) is 2.55. The van der Waals surface area contributed by atoms with Crippen molar-refractivity contribution in [1.82, 2.24) is 0 Å². The van der Waals surface area contributed by atoms with Crippen LogP contribution in [0.25, 0.3) is 0 Å². The molecule has 0 aliphatic rings. The quantitative estimate of drug-likeness (QED) is 0.693. The largest absolute Gasteiger partial charge is 0.468 e. The molecule has 0 N–H and O–H groups in total. The van der Waals surface area contributed by atoms with E-state index in [0.717, 1.165) is 12.2 Å². The number of rotatable bonds is 4. The molecule has 1 rings (SSSR count). The van der Waals surface area contributed by atoms with Crippen LogP contribution in [0.15, 0.2) is 24.3 Å². The monoisotopic (exact) mass is 230 g/mol. The molecule has 0 unspecified atom stereocenters. The van der Waals surface area contributed by atoms with Gasteiger partial charge >= 0.3 is 0 Å². The Morgan fingerprint density at radius 1 is 0.938 bits per heavy atom. The van der Waals surface area contributed by atoms with E-state index in [1.165, 1.54) is 5.56 Å². The molecular formula is C14H30O2. The van der Waals surface area contributed by atoms with Gasteiger partial charge in [-0.2, -0.15) is 0 Å². The molecule has 16 heavy (non-hydrogen) atoms. The van der Waals surface area contributed by atoms with Crippen LogP contribution >= 0.6 is 0 Å². The van der Waals surface area contributed by atoms with Gasteiger partial charge in [-0.15, -0.1) is 0 Å². The highest BCUT2D eigenvalue weighted by atomic mass is 16.7. The molecule has 0 fully saturated rings. The van der Waals surface area contributed by atoms with Crippen LogP contribution in [0.1, 0.15) is 42.2 Å².